The number of nitrogens with one attached hydrogen (secondary N) is 1. The second-order valence-corrected chi connectivity index (χ2v) is 8.76. The monoisotopic (exact) mass is 457 g/mol. The number of aryl methyl sites for hydroxylation is 1. The fourth-order valence-electron chi connectivity index (χ4n) is 4.30. The molecule has 1 amide bonds. The molecule has 0 saturated carbocycles. The van der Waals surface area contributed by atoms with E-state index in [2.05, 4.69) is 34.1 Å². The molecule has 0 spiro atoms. The molecule has 3 heterocycles. The van der Waals surface area contributed by atoms with Crippen molar-refractivity contribution in [3.63, 3.8) is 0 Å². The van der Waals surface area contributed by atoms with Crippen LogP contribution in [0.1, 0.15) is 58.2 Å². The molecule has 1 aliphatic heterocycles. The minimum atomic E-state index is -4.35. The Morgan fingerprint density at radius 3 is 2.52 bits per heavy atom. The number of amides is 1. The van der Waals surface area contributed by atoms with Gasteiger partial charge >= 0.3 is 6.18 Å². The van der Waals surface area contributed by atoms with Gasteiger partial charge in [0.2, 0.25) is 0 Å². The third kappa shape index (κ3) is 5.08. The summed E-state index contributed by atoms with van der Waals surface area (Å²) in [5, 5.41) is 6.98. The van der Waals surface area contributed by atoms with Crippen LogP contribution >= 0.6 is 0 Å². The van der Waals surface area contributed by atoms with Gasteiger partial charge in [-0.2, -0.15) is 18.3 Å². The molecule has 1 aromatic carbocycles. The minimum Gasteiger partial charge on any atom is -0.348 e. The zero-order valence-corrected chi connectivity index (χ0v) is 18.7. The maximum absolute atomic E-state index is 12.9. The van der Waals surface area contributed by atoms with Crippen LogP contribution in [0.5, 0.6) is 0 Å². The summed E-state index contributed by atoms with van der Waals surface area (Å²) in [4.78, 5) is 19.5. The van der Waals surface area contributed by atoms with Gasteiger partial charge in [0.1, 0.15) is 0 Å². The van der Waals surface area contributed by atoms with Crippen molar-refractivity contribution >= 4 is 5.91 Å². The van der Waals surface area contributed by atoms with Gasteiger partial charge in [0.25, 0.3) is 5.91 Å². The molecule has 1 N–H and O–H groups in total. The van der Waals surface area contributed by atoms with E-state index < -0.39 is 11.7 Å². The molecule has 1 atom stereocenters. The highest BCUT2D eigenvalue weighted by molar-refractivity contribution is 5.94. The first-order valence-corrected chi connectivity index (χ1v) is 10.8. The highest BCUT2D eigenvalue weighted by atomic mass is 19.4. The lowest BCUT2D eigenvalue weighted by Crippen LogP contribution is -2.25. The number of nitrogens with zero attached hydrogens (tertiary/aromatic N) is 4. The lowest BCUT2D eigenvalue weighted by Gasteiger charge is -2.27. The number of aromatic nitrogens is 3. The Bertz CT molecular complexity index is 1140. The molecule has 0 saturated heterocycles. The summed E-state index contributed by atoms with van der Waals surface area (Å²) in [7, 11) is 1.82. The number of hydrogen-bond donors (Lipinski definition) is 1. The highest BCUT2D eigenvalue weighted by Gasteiger charge is 2.35. The maximum atomic E-state index is 12.9. The van der Waals surface area contributed by atoms with Gasteiger partial charge in [0, 0.05) is 44.6 Å². The van der Waals surface area contributed by atoms with E-state index in [1.54, 1.807) is 17.1 Å². The summed E-state index contributed by atoms with van der Waals surface area (Å²) in [6, 6.07) is 7.16. The molecule has 2 aromatic heterocycles. The van der Waals surface area contributed by atoms with Gasteiger partial charge < -0.3 is 5.32 Å². The van der Waals surface area contributed by atoms with E-state index in [4.69, 9.17) is 0 Å². The third-order valence-electron chi connectivity index (χ3n) is 5.82. The normalized spacial score (nSPS) is 16.3. The number of rotatable bonds is 6. The third-order valence-corrected chi connectivity index (χ3v) is 5.82. The van der Waals surface area contributed by atoms with E-state index in [-0.39, 0.29) is 17.9 Å². The highest BCUT2D eigenvalue weighted by Crippen LogP contribution is 2.39. The van der Waals surface area contributed by atoms with Gasteiger partial charge in [-0.25, -0.2) is 0 Å². The van der Waals surface area contributed by atoms with Crippen molar-refractivity contribution in [2.75, 3.05) is 0 Å². The standard InChI is InChI=1S/C24H26F3N5O/c1-15(2)22-21-19(14-32(22)13-16-4-6-20(7-5-16)24(25,26)27)8-18(11-28-21)23(33)29-9-17-10-30-31(3)12-17/h4-8,10-12,15,22H,9,13-14H2,1-3H3,(H,29,33)/t22-/m0/s1. The van der Waals surface area contributed by atoms with Gasteiger partial charge in [0.15, 0.2) is 0 Å². The quantitative estimate of drug-likeness (QED) is 0.593. The molecule has 9 heteroatoms. The van der Waals surface area contributed by atoms with Crippen LogP contribution in [0, 0.1) is 5.92 Å². The number of halogens is 3. The van der Waals surface area contributed by atoms with E-state index in [0.717, 1.165) is 34.5 Å². The number of hydrogen-bond acceptors (Lipinski definition) is 4. The SMILES string of the molecule is CC(C)[C@H]1c2ncc(C(=O)NCc3cnn(C)c3)cc2CN1Cc1ccc(C(F)(F)F)cc1. The fourth-order valence-corrected chi connectivity index (χ4v) is 4.30. The molecule has 1 aliphatic rings. The zero-order chi connectivity index (χ0) is 23.8. The summed E-state index contributed by atoms with van der Waals surface area (Å²) in [5.74, 6) is 0.0369. The van der Waals surface area contributed by atoms with Gasteiger partial charge in [-0.1, -0.05) is 26.0 Å². The van der Waals surface area contributed by atoms with Crippen molar-refractivity contribution in [1.82, 2.24) is 25.0 Å². The first-order chi connectivity index (χ1) is 15.6. The van der Waals surface area contributed by atoms with Gasteiger partial charge in [-0.3, -0.25) is 19.4 Å². The smallest absolute Gasteiger partial charge is 0.348 e. The van der Waals surface area contributed by atoms with Gasteiger partial charge in [-0.05, 0) is 35.2 Å². The van der Waals surface area contributed by atoms with E-state index >= 15 is 0 Å². The largest absolute Gasteiger partial charge is 0.416 e. The molecular weight excluding hydrogens is 431 g/mol. The molecule has 33 heavy (non-hydrogen) atoms. The number of benzene rings is 1. The van der Waals surface area contributed by atoms with Crippen molar-refractivity contribution in [1.29, 1.82) is 0 Å². The van der Waals surface area contributed by atoms with Crippen molar-refractivity contribution in [3.8, 4) is 0 Å². The molecular formula is C24H26F3N5O. The number of alkyl halides is 3. The van der Waals surface area contributed by atoms with Crippen molar-refractivity contribution in [3.05, 3.63) is 82.4 Å². The Labute approximate surface area is 190 Å². The number of pyridine rings is 1. The van der Waals surface area contributed by atoms with Crippen molar-refractivity contribution in [2.45, 2.75) is 45.7 Å². The Morgan fingerprint density at radius 1 is 1.18 bits per heavy atom. The average molecular weight is 458 g/mol. The summed E-state index contributed by atoms with van der Waals surface area (Å²) in [6.07, 6.45) is 0.788. The van der Waals surface area contributed by atoms with Gasteiger partial charge in [-0.15, -0.1) is 0 Å². The molecule has 0 fully saturated rings. The molecule has 4 rings (SSSR count). The van der Waals surface area contributed by atoms with Crippen LogP contribution in [-0.4, -0.2) is 25.6 Å². The Kier molecular flexibility index (Phi) is 6.25. The number of fused-ring (bicyclic) bond motifs is 1. The first kappa shape index (κ1) is 23.0. The molecule has 6 nitrogen and oxygen atoms in total. The molecule has 0 aliphatic carbocycles. The lowest BCUT2D eigenvalue weighted by molar-refractivity contribution is -0.137. The van der Waals surface area contributed by atoms with Crippen LogP contribution in [0.3, 0.4) is 0 Å². The van der Waals surface area contributed by atoms with E-state index in [0.29, 0.717) is 25.2 Å². The Balaban J connectivity index is 1.48. The van der Waals surface area contributed by atoms with E-state index in [1.165, 1.54) is 12.1 Å². The topological polar surface area (TPSA) is 63.1 Å². The molecule has 3 aromatic rings. The van der Waals surface area contributed by atoms with E-state index in [1.807, 2.05) is 19.3 Å². The lowest BCUT2D eigenvalue weighted by atomic mass is 9.99. The van der Waals surface area contributed by atoms with Crippen LogP contribution in [-0.2, 0) is 32.9 Å². The second-order valence-electron chi connectivity index (χ2n) is 8.76. The number of carbonyl (C=O) groups excluding carboxylic acids is 1. The fraction of sp³-hybridized carbons (Fsp3) is 0.375. The Morgan fingerprint density at radius 2 is 1.91 bits per heavy atom. The van der Waals surface area contributed by atoms with Gasteiger partial charge in [0.05, 0.1) is 29.1 Å². The first-order valence-electron chi connectivity index (χ1n) is 10.8. The molecule has 0 radical (unpaired) electrons. The minimum absolute atomic E-state index is 0.0230. The van der Waals surface area contributed by atoms with Crippen molar-refractivity contribution < 1.29 is 18.0 Å². The predicted molar refractivity (Wildman–Crippen MR) is 117 cm³/mol. The second kappa shape index (κ2) is 8.97. The summed E-state index contributed by atoms with van der Waals surface area (Å²) in [6.45, 7) is 5.64. The van der Waals surface area contributed by atoms with Crippen LogP contribution < -0.4 is 5.32 Å². The summed E-state index contributed by atoms with van der Waals surface area (Å²) in [5.41, 5.74) is 3.42. The molecule has 174 valence electrons. The summed E-state index contributed by atoms with van der Waals surface area (Å²) >= 11 is 0. The van der Waals surface area contributed by atoms with Crippen LogP contribution in [0.2, 0.25) is 0 Å². The maximum Gasteiger partial charge on any atom is 0.416 e. The van der Waals surface area contributed by atoms with Crippen LogP contribution in [0.4, 0.5) is 13.2 Å². The van der Waals surface area contributed by atoms with Crippen LogP contribution in [0.15, 0.2) is 48.9 Å². The van der Waals surface area contributed by atoms with Crippen molar-refractivity contribution in [2.24, 2.45) is 13.0 Å². The molecule has 0 bridgehead atoms. The zero-order valence-electron chi connectivity index (χ0n) is 18.7. The van der Waals surface area contributed by atoms with Crippen LogP contribution in [0.25, 0.3) is 0 Å². The predicted octanol–water partition coefficient (Wildman–Crippen LogP) is 4.48. The average Bonchev–Trinajstić information content (AvgIpc) is 3.33. The Hall–Kier alpha value is -3.20. The number of carbonyl (C=O) groups is 1. The van der Waals surface area contributed by atoms with E-state index in [9.17, 15) is 18.0 Å². The molecule has 0 unspecified atom stereocenters. The summed E-state index contributed by atoms with van der Waals surface area (Å²) < 4.78 is 40.3.